The summed E-state index contributed by atoms with van der Waals surface area (Å²) in [5.41, 5.74) is 14.8. The van der Waals surface area contributed by atoms with Crippen LogP contribution in [-0.2, 0) is 21.7 Å². The Hall–Kier alpha value is -5.34. The van der Waals surface area contributed by atoms with Crippen LogP contribution in [0.1, 0.15) is 116 Å². The Morgan fingerprint density at radius 3 is 0.857 bits per heavy atom. The van der Waals surface area contributed by atoms with Gasteiger partial charge in [0.1, 0.15) is 0 Å². The van der Waals surface area contributed by atoms with E-state index < -0.39 is 0 Å². The highest BCUT2D eigenvalue weighted by molar-refractivity contribution is 5.81. The van der Waals surface area contributed by atoms with Crippen molar-refractivity contribution >= 4 is 46.3 Å². The molecule has 0 amide bonds. The summed E-state index contributed by atoms with van der Waals surface area (Å²) in [5.74, 6) is 0. The number of rotatable bonds is 8. The Balaban J connectivity index is 1.31. The number of benzene rings is 6. The van der Waals surface area contributed by atoms with E-state index in [4.69, 9.17) is 0 Å². The van der Waals surface area contributed by atoms with Gasteiger partial charge in [-0.2, -0.15) is 0 Å². The van der Waals surface area contributed by atoms with Crippen molar-refractivity contribution in [2.75, 3.05) is 9.80 Å². The van der Waals surface area contributed by atoms with E-state index in [-0.39, 0.29) is 21.7 Å². The van der Waals surface area contributed by atoms with Gasteiger partial charge in [-0.25, -0.2) is 0 Å². The predicted octanol–water partition coefficient (Wildman–Crippen LogP) is 16.0. The van der Waals surface area contributed by atoms with Gasteiger partial charge in [0, 0.05) is 34.1 Å². The number of hydrogen-bond donors (Lipinski definition) is 0. The molecule has 0 bridgehead atoms. The van der Waals surface area contributed by atoms with Crippen molar-refractivity contribution in [2.24, 2.45) is 0 Å². The fraction of sp³-hybridized carbons (Fsp3) is 0.296. The molecule has 0 aliphatic rings. The van der Waals surface area contributed by atoms with Crippen LogP contribution in [0.25, 0.3) is 12.2 Å². The third kappa shape index (κ3) is 9.54. The lowest BCUT2D eigenvalue weighted by atomic mass is 9.86. The Labute approximate surface area is 338 Å². The molecule has 0 radical (unpaired) electrons. The lowest BCUT2D eigenvalue weighted by molar-refractivity contribution is 0.590. The molecule has 0 spiro atoms. The summed E-state index contributed by atoms with van der Waals surface area (Å²) in [7, 11) is 0. The summed E-state index contributed by atoms with van der Waals surface area (Å²) in [5, 5.41) is 0. The quantitative estimate of drug-likeness (QED) is 0.143. The SMILES string of the molecule is CC(C)(C)c1ccc(N(c2ccc(/C=C/c3cccc(N(c4ccc(C(C)(C)C)cc4)c4ccc(C(C)(C)C)cc4)c3)cc2)c2ccc(C(C)(C)C)cc2)cc1. The molecule has 6 rings (SSSR count). The minimum Gasteiger partial charge on any atom is -0.311 e. The third-order valence-electron chi connectivity index (χ3n) is 10.7. The first-order chi connectivity index (χ1) is 26.3. The van der Waals surface area contributed by atoms with Crippen molar-refractivity contribution in [3.8, 4) is 0 Å². The van der Waals surface area contributed by atoms with Crippen molar-refractivity contribution in [1.29, 1.82) is 0 Å². The molecule has 0 saturated carbocycles. The van der Waals surface area contributed by atoms with E-state index in [0.717, 1.165) is 45.3 Å². The highest BCUT2D eigenvalue weighted by Gasteiger charge is 2.20. The zero-order chi connectivity index (χ0) is 40.5. The molecule has 6 aromatic carbocycles. The zero-order valence-electron chi connectivity index (χ0n) is 35.9. The molecule has 0 fully saturated rings. The average molecular weight is 739 g/mol. The Bertz CT molecular complexity index is 2110. The van der Waals surface area contributed by atoms with Crippen LogP contribution in [0.5, 0.6) is 0 Å². The Kier molecular flexibility index (Phi) is 11.3. The summed E-state index contributed by atoms with van der Waals surface area (Å²) < 4.78 is 0. The van der Waals surface area contributed by atoms with E-state index in [1.54, 1.807) is 0 Å². The highest BCUT2D eigenvalue weighted by Crippen LogP contribution is 2.39. The average Bonchev–Trinajstić information content (AvgIpc) is 3.14. The molecule has 0 unspecified atom stereocenters. The first kappa shape index (κ1) is 40.3. The summed E-state index contributed by atoms with van der Waals surface area (Å²) in [4.78, 5) is 4.72. The van der Waals surface area contributed by atoms with Crippen LogP contribution in [-0.4, -0.2) is 0 Å². The molecule has 6 aromatic rings. The summed E-state index contributed by atoms with van der Waals surface area (Å²) >= 11 is 0. The molecule has 0 atom stereocenters. The van der Waals surface area contributed by atoms with Crippen molar-refractivity contribution in [3.63, 3.8) is 0 Å². The molecule has 2 heteroatoms. The van der Waals surface area contributed by atoms with Gasteiger partial charge in [0.25, 0.3) is 0 Å². The van der Waals surface area contributed by atoms with Crippen molar-refractivity contribution in [3.05, 3.63) is 179 Å². The molecule has 2 nitrogen and oxygen atoms in total. The second-order valence-electron chi connectivity index (χ2n) is 19.4. The van der Waals surface area contributed by atoms with E-state index in [1.807, 2.05) is 0 Å². The van der Waals surface area contributed by atoms with Gasteiger partial charge in [-0.1, -0.05) is 168 Å². The number of nitrogens with zero attached hydrogens (tertiary/aromatic N) is 2. The second-order valence-corrected chi connectivity index (χ2v) is 19.4. The molecular formula is C54H62N2. The summed E-state index contributed by atoms with van der Waals surface area (Å²) in [6.45, 7) is 27.2. The lowest BCUT2D eigenvalue weighted by Crippen LogP contribution is -2.14. The van der Waals surface area contributed by atoms with Gasteiger partial charge >= 0.3 is 0 Å². The predicted molar refractivity (Wildman–Crippen MR) is 246 cm³/mol. The van der Waals surface area contributed by atoms with Crippen molar-refractivity contribution < 1.29 is 0 Å². The van der Waals surface area contributed by atoms with Crippen LogP contribution in [0.3, 0.4) is 0 Å². The largest absolute Gasteiger partial charge is 0.311 e. The molecule has 0 aliphatic carbocycles. The molecule has 0 aromatic heterocycles. The monoisotopic (exact) mass is 738 g/mol. The van der Waals surface area contributed by atoms with Gasteiger partial charge < -0.3 is 9.80 Å². The normalized spacial score (nSPS) is 12.6. The van der Waals surface area contributed by atoms with E-state index in [0.29, 0.717) is 0 Å². The van der Waals surface area contributed by atoms with Crippen LogP contribution in [0, 0.1) is 0 Å². The van der Waals surface area contributed by atoms with Gasteiger partial charge in [0.05, 0.1) is 0 Å². The van der Waals surface area contributed by atoms with E-state index >= 15 is 0 Å². The van der Waals surface area contributed by atoms with Crippen LogP contribution in [0.4, 0.5) is 34.1 Å². The number of anilines is 6. The highest BCUT2D eigenvalue weighted by atomic mass is 15.1. The van der Waals surface area contributed by atoms with Crippen LogP contribution in [0.2, 0.25) is 0 Å². The van der Waals surface area contributed by atoms with E-state index in [1.165, 1.54) is 22.3 Å². The van der Waals surface area contributed by atoms with E-state index in [9.17, 15) is 0 Å². The standard InChI is InChI=1S/C54H62N2/c1-51(2,3)41-20-30-46(31-21-41)55(47-32-22-42(23-33-47)52(4,5)6)45-28-18-39(19-29-45)16-17-40-14-13-15-50(38-40)56(48-34-24-43(25-35-48)53(7,8)9)49-36-26-44(27-37-49)54(10,11)12/h13-38H,1-12H3/b17-16+. The topological polar surface area (TPSA) is 6.48 Å². The second kappa shape index (κ2) is 15.7. The Morgan fingerprint density at radius 2 is 0.554 bits per heavy atom. The van der Waals surface area contributed by atoms with Crippen molar-refractivity contribution in [1.82, 2.24) is 0 Å². The molecular weight excluding hydrogens is 677 g/mol. The maximum Gasteiger partial charge on any atom is 0.0467 e. The maximum atomic E-state index is 2.36. The first-order valence-corrected chi connectivity index (χ1v) is 20.2. The summed E-state index contributed by atoms with van der Waals surface area (Å²) in [6, 6.07) is 53.9. The third-order valence-corrected chi connectivity index (χ3v) is 10.7. The fourth-order valence-corrected chi connectivity index (χ4v) is 7.03. The van der Waals surface area contributed by atoms with Crippen LogP contribution < -0.4 is 9.80 Å². The first-order valence-electron chi connectivity index (χ1n) is 20.2. The molecule has 56 heavy (non-hydrogen) atoms. The molecule has 0 saturated heterocycles. The number of hydrogen-bond acceptors (Lipinski definition) is 2. The van der Waals surface area contributed by atoms with Crippen LogP contribution >= 0.6 is 0 Å². The van der Waals surface area contributed by atoms with Crippen molar-refractivity contribution in [2.45, 2.75) is 105 Å². The zero-order valence-corrected chi connectivity index (χ0v) is 35.9. The minimum atomic E-state index is 0.0916. The van der Waals surface area contributed by atoms with Gasteiger partial charge in [0.15, 0.2) is 0 Å². The molecule has 288 valence electrons. The smallest absolute Gasteiger partial charge is 0.0467 e. The molecule has 0 aliphatic heterocycles. The van der Waals surface area contributed by atoms with Crippen LogP contribution in [0.15, 0.2) is 146 Å². The minimum absolute atomic E-state index is 0.0916. The van der Waals surface area contributed by atoms with Gasteiger partial charge in [-0.3, -0.25) is 0 Å². The van der Waals surface area contributed by atoms with E-state index in [2.05, 4.69) is 251 Å². The molecule has 0 heterocycles. The maximum absolute atomic E-state index is 2.36. The summed E-state index contributed by atoms with van der Waals surface area (Å²) in [6.07, 6.45) is 4.43. The van der Waals surface area contributed by atoms with Gasteiger partial charge in [-0.15, -0.1) is 0 Å². The Morgan fingerprint density at radius 1 is 0.286 bits per heavy atom. The fourth-order valence-electron chi connectivity index (χ4n) is 7.03. The van der Waals surface area contributed by atoms with Gasteiger partial charge in [0.2, 0.25) is 0 Å². The molecule has 0 N–H and O–H groups in total. The lowest BCUT2D eigenvalue weighted by Gasteiger charge is -2.28. The van der Waals surface area contributed by atoms with Gasteiger partial charge in [-0.05, 0) is 128 Å².